The molecule has 2 aromatic carbocycles. The van der Waals surface area contributed by atoms with Gasteiger partial charge in [-0.15, -0.1) is 0 Å². The van der Waals surface area contributed by atoms with Crippen molar-refractivity contribution in [3.05, 3.63) is 66.4 Å². The largest absolute Gasteiger partial charge is 0.475 e. The number of esters is 1. The first-order valence-electron chi connectivity index (χ1n) is 8.83. The van der Waals surface area contributed by atoms with E-state index in [0.29, 0.717) is 22.9 Å². The molecule has 0 bridgehead atoms. The Morgan fingerprint density at radius 1 is 1.14 bits per heavy atom. The lowest BCUT2D eigenvalue weighted by Crippen LogP contribution is -2.47. The Morgan fingerprint density at radius 2 is 1.89 bits per heavy atom. The van der Waals surface area contributed by atoms with Crippen molar-refractivity contribution in [3.8, 4) is 17.1 Å². The molecule has 1 aromatic heterocycles. The van der Waals surface area contributed by atoms with E-state index >= 15 is 0 Å². The molecule has 0 unspecified atom stereocenters. The van der Waals surface area contributed by atoms with Crippen LogP contribution in [0.2, 0.25) is 0 Å². The van der Waals surface area contributed by atoms with Crippen molar-refractivity contribution in [2.75, 3.05) is 11.4 Å². The number of rotatable bonds is 4. The average molecular weight is 378 g/mol. The molecule has 0 radical (unpaired) electrons. The number of benzene rings is 2. The first kappa shape index (κ1) is 17.8. The minimum absolute atomic E-state index is 0.0449. The maximum absolute atomic E-state index is 12.5. The maximum atomic E-state index is 12.5. The topological polar surface area (TPSA) is 81.9 Å². The third kappa shape index (κ3) is 3.59. The molecule has 1 aliphatic heterocycles. The van der Waals surface area contributed by atoms with Gasteiger partial charge in [-0.05, 0) is 12.1 Å². The van der Waals surface area contributed by atoms with Gasteiger partial charge in [0, 0.05) is 18.6 Å². The molecular formula is C21H18N2O5. The van der Waals surface area contributed by atoms with E-state index in [1.807, 2.05) is 36.4 Å². The van der Waals surface area contributed by atoms with Crippen LogP contribution in [0.4, 0.5) is 5.69 Å². The van der Waals surface area contributed by atoms with E-state index in [1.54, 1.807) is 24.3 Å². The number of ether oxygens (including phenoxy) is 2. The van der Waals surface area contributed by atoms with Crippen LogP contribution in [-0.2, 0) is 20.9 Å². The zero-order chi connectivity index (χ0) is 19.5. The molecule has 0 saturated carbocycles. The smallest absolute Gasteiger partial charge is 0.349 e. The molecule has 1 amide bonds. The van der Waals surface area contributed by atoms with Crippen LogP contribution in [0.3, 0.4) is 0 Å². The summed E-state index contributed by atoms with van der Waals surface area (Å²) in [5.74, 6) is 0.332. The number of para-hydroxylation sites is 2. The van der Waals surface area contributed by atoms with Gasteiger partial charge in [0.2, 0.25) is 12.0 Å². The quantitative estimate of drug-likeness (QED) is 0.649. The molecule has 0 aliphatic carbocycles. The van der Waals surface area contributed by atoms with E-state index in [-0.39, 0.29) is 19.1 Å². The summed E-state index contributed by atoms with van der Waals surface area (Å²) in [6.07, 6.45) is -0.903. The van der Waals surface area contributed by atoms with Crippen molar-refractivity contribution < 1.29 is 23.6 Å². The van der Waals surface area contributed by atoms with E-state index in [4.69, 9.17) is 14.0 Å². The van der Waals surface area contributed by atoms with Gasteiger partial charge in [-0.25, -0.2) is 4.79 Å². The highest BCUT2D eigenvalue weighted by molar-refractivity contribution is 5.95. The van der Waals surface area contributed by atoms with Crippen LogP contribution in [-0.4, -0.2) is 29.7 Å². The zero-order valence-electron chi connectivity index (χ0n) is 15.2. The minimum Gasteiger partial charge on any atom is -0.475 e. The molecule has 0 fully saturated rings. The standard InChI is InChI=1S/C21H18N2O5/c1-14(24)23-12-20(27-18-10-6-5-9-17(18)23)21(25)26-13-16-11-19(28-22-16)15-7-3-2-4-8-15/h2-11,20H,12-13H2,1H3/t20-/m1/s1. The van der Waals surface area contributed by atoms with Gasteiger partial charge in [-0.3, -0.25) is 4.79 Å². The van der Waals surface area contributed by atoms with Gasteiger partial charge in [0.05, 0.1) is 12.2 Å². The van der Waals surface area contributed by atoms with Crippen molar-refractivity contribution in [3.63, 3.8) is 0 Å². The molecule has 28 heavy (non-hydrogen) atoms. The number of fused-ring (bicyclic) bond motifs is 1. The number of hydrogen-bond donors (Lipinski definition) is 0. The fourth-order valence-electron chi connectivity index (χ4n) is 3.01. The Hall–Kier alpha value is -3.61. The second-order valence-corrected chi connectivity index (χ2v) is 6.36. The molecule has 3 aromatic rings. The van der Waals surface area contributed by atoms with Crippen LogP contribution >= 0.6 is 0 Å². The summed E-state index contributed by atoms with van der Waals surface area (Å²) in [4.78, 5) is 25.9. The lowest BCUT2D eigenvalue weighted by Gasteiger charge is -2.33. The number of hydrogen-bond acceptors (Lipinski definition) is 6. The van der Waals surface area contributed by atoms with E-state index in [1.165, 1.54) is 11.8 Å². The Morgan fingerprint density at radius 3 is 2.68 bits per heavy atom. The molecule has 0 spiro atoms. The number of nitrogens with zero attached hydrogens (tertiary/aromatic N) is 2. The van der Waals surface area contributed by atoms with Crippen LogP contribution in [0, 0.1) is 0 Å². The average Bonchev–Trinajstić information content (AvgIpc) is 3.21. The summed E-state index contributed by atoms with van der Waals surface area (Å²) >= 11 is 0. The normalized spacial score (nSPS) is 15.5. The van der Waals surface area contributed by atoms with Gasteiger partial charge < -0.3 is 18.9 Å². The molecule has 142 valence electrons. The maximum Gasteiger partial charge on any atom is 0.349 e. The first-order valence-corrected chi connectivity index (χ1v) is 8.83. The second kappa shape index (κ2) is 7.56. The molecule has 1 aliphatic rings. The highest BCUT2D eigenvalue weighted by Crippen LogP contribution is 2.33. The van der Waals surface area contributed by atoms with Crippen molar-refractivity contribution in [1.82, 2.24) is 5.16 Å². The summed E-state index contributed by atoms with van der Waals surface area (Å²) in [5, 5.41) is 3.93. The Labute approximate surface area is 161 Å². The van der Waals surface area contributed by atoms with Crippen molar-refractivity contribution in [2.24, 2.45) is 0 Å². The van der Waals surface area contributed by atoms with Gasteiger partial charge in [-0.1, -0.05) is 47.6 Å². The van der Waals surface area contributed by atoms with Crippen LogP contribution in [0.5, 0.6) is 5.75 Å². The van der Waals surface area contributed by atoms with Crippen molar-refractivity contribution >= 4 is 17.6 Å². The number of anilines is 1. The number of carbonyl (C=O) groups excluding carboxylic acids is 2. The molecule has 7 heteroatoms. The van der Waals surface area contributed by atoms with Crippen LogP contribution < -0.4 is 9.64 Å². The summed E-state index contributed by atoms with van der Waals surface area (Å²) in [7, 11) is 0. The predicted molar refractivity (Wildman–Crippen MR) is 101 cm³/mol. The lowest BCUT2D eigenvalue weighted by atomic mass is 10.1. The SMILES string of the molecule is CC(=O)N1C[C@H](C(=O)OCc2cc(-c3ccccc3)on2)Oc2ccccc21. The van der Waals surface area contributed by atoms with Crippen LogP contribution in [0.15, 0.2) is 65.2 Å². The fraction of sp³-hybridized carbons (Fsp3) is 0.190. The molecule has 0 saturated heterocycles. The molecule has 2 heterocycles. The monoisotopic (exact) mass is 378 g/mol. The highest BCUT2D eigenvalue weighted by atomic mass is 16.6. The van der Waals surface area contributed by atoms with Gasteiger partial charge in [-0.2, -0.15) is 0 Å². The van der Waals surface area contributed by atoms with E-state index in [0.717, 1.165) is 5.56 Å². The van der Waals surface area contributed by atoms with Crippen molar-refractivity contribution in [2.45, 2.75) is 19.6 Å². The molecule has 1 atom stereocenters. The van der Waals surface area contributed by atoms with Gasteiger partial charge in [0.1, 0.15) is 18.1 Å². The Bertz CT molecular complexity index is 999. The second-order valence-electron chi connectivity index (χ2n) is 6.36. The summed E-state index contributed by atoms with van der Waals surface area (Å²) in [6.45, 7) is 1.50. The number of aromatic nitrogens is 1. The lowest BCUT2D eigenvalue weighted by molar-refractivity contribution is -0.153. The molecule has 0 N–H and O–H groups in total. The molecule has 4 rings (SSSR count). The Balaban J connectivity index is 1.42. The third-order valence-electron chi connectivity index (χ3n) is 4.40. The summed E-state index contributed by atoms with van der Waals surface area (Å²) < 4.78 is 16.4. The Kier molecular flexibility index (Phi) is 4.80. The minimum atomic E-state index is -0.903. The van der Waals surface area contributed by atoms with E-state index < -0.39 is 12.1 Å². The predicted octanol–water partition coefficient (Wildman–Crippen LogP) is 3.20. The first-order chi connectivity index (χ1) is 13.6. The summed E-state index contributed by atoms with van der Waals surface area (Å²) in [6, 6.07) is 18.3. The zero-order valence-corrected chi connectivity index (χ0v) is 15.2. The van der Waals surface area contributed by atoms with E-state index in [2.05, 4.69) is 5.16 Å². The molecular weight excluding hydrogens is 360 g/mol. The van der Waals surface area contributed by atoms with Crippen molar-refractivity contribution in [1.29, 1.82) is 0 Å². The van der Waals surface area contributed by atoms with Gasteiger partial charge >= 0.3 is 5.97 Å². The van der Waals surface area contributed by atoms with Crippen LogP contribution in [0.25, 0.3) is 11.3 Å². The third-order valence-corrected chi connectivity index (χ3v) is 4.40. The molecule has 7 nitrogen and oxygen atoms in total. The van der Waals surface area contributed by atoms with E-state index in [9.17, 15) is 9.59 Å². The number of carbonyl (C=O) groups is 2. The summed E-state index contributed by atoms with van der Waals surface area (Å²) in [5.41, 5.74) is 2.02. The van der Waals surface area contributed by atoms with Crippen LogP contribution in [0.1, 0.15) is 12.6 Å². The fourth-order valence-corrected chi connectivity index (χ4v) is 3.01. The van der Waals surface area contributed by atoms with Gasteiger partial charge in [0.15, 0.2) is 5.76 Å². The highest BCUT2D eigenvalue weighted by Gasteiger charge is 2.33. The van der Waals surface area contributed by atoms with Gasteiger partial charge in [0.25, 0.3) is 0 Å². The number of amides is 1.